The summed E-state index contributed by atoms with van der Waals surface area (Å²) in [5, 5.41) is 0.599. The number of likely N-dealkylation sites (N-methyl/N-ethyl adjacent to an activating group) is 1. The SMILES string of the molecule is CCCc1cc(OC[C@@H]2CCCN2C)cnc1Cl.Cl. The number of ether oxygens (including phenoxy) is 1. The second kappa shape index (κ2) is 7.93. The molecule has 0 N–H and O–H groups in total. The zero-order valence-corrected chi connectivity index (χ0v) is 13.1. The number of rotatable bonds is 5. The third-order valence-corrected chi connectivity index (χ3v) is 3.86. The number of hydrogen-bond acceptors (Lipinski definition) is 3. The van der Waals surface area contributed by atoms with E-state index in [1.165, 1.54) is 19.4 Å². The Morgan fingerprint density at radius 3 is 2.95 bits per heavy atom. The lowest BCUT2D eigenvalue weighted by Crippen LogP contribution is -2.30. The lowest BCUT2D eigenvalue weighted by atomic mass is 10.2. The Labute approximate surface area is 126 Å². The number of hydrogen-bond donors (Lipinski definition) is 0. The summed E-state index contributed by atoms with van der Waals surface area (Å²) in [5.74, 6) is 0.836. The number of aryl methyl sites for hydroxylation is 1. The normalized spacial score (nSPS) is 19.2. The van der Waals surface area contributed by atoms with Gasteiger partial charge in [-0.3, -0.25) is 0 Å². The molecule has 0 spiro atoms. The second-order valence-corrected chi connectivity index (χ2v) is 5.32. The van der Waals surface area contributed by atoms with E-state index in [4.69, 9.17) is 16.3 Å². The van der Waals surface area contributed by atoms with Crippen LogP contribution in [-0.2, 0) is 6.42 Å². The highest BCUT2D eigenvalue weighted by Crippen LogP contribution is 2.22. The van der Waals surface area contributed by atoms with Crippen LogP contribution >= 0.6 is 24.0 Å². The number of aromatic nitrogens is 1. The van der Waals surface area contributed by atoms with Gasteiger partial charge in [-0.2, -0.15) is 0 Å². The van der Waals surface area contributed by atoms with Crippen LogP contribution in [0.5, 0.6) is 5.75 Å². The van der Waals surface area contributed by atoms with Gasteiger partial charge in [0.25, 0.3) is 0 Å². The molecule has 0 aromatic carbocycles. The van der Waals surface area contributed by atoms with Crippen molar-refractivity contribution < 1.29 is 4.74 Å². The summed E-state index contributed by atoms with van der Waals surface area (Å²) in [4.78, 5) is 6.55. The first-order chi connectivity index (χ1) is 8.70. The molecule has 1 saturated heterocycles. The molecule has 0 aliphatic carbocycles. The van der Waals surface area contributed by atoms with E-state index in [9.17, 15) is 0 Å². The minimum absolute atomic E-state index is 0. The van der Waals surface area contributed by atoms with E-state index in [2.05, 4.69) is 23.9 Å². The molecule has 1 aromatic heterocycles. The van der Waals surface area contributed by atoms with Crippen molar-refractivity contribution >= 4 is 24.0 Å². The summed E-state index contributed by atoms with van der Waals surface area (Å²) in [7, 11) is 2.16. The lowest BCUT2D eigenvalue weighted by molar-refractivity contribution is 0.197. The van der Waals surface area contributed by atoms with E-state index >= 15 is 0 Å². The van der Waals surface area contributed by atoms with Crippen molar-refractivity contribution in [1.29, 1.82) is 0 Å². The molecule has 1 fully saturated rings. The Balaban J connectivity index is 0.00000180. The quantitative estimate of drug-likeness (QED) is 0.778. The van der Waals surface area contributed by atoms with E-state index < -0.39 is 0 Å². The van der Waals surface area contributed by atoms with Gasteiger partial charge in [0, 0.05) is 6.04 Å². The smallest absolute Gasteiger partial charge is 0.138 e. The van der Waals surface area contributed by atoms with Crippen LogP contribution in [0.4, 0.5) is 0 Å². The number of likely N-dealkylation sites (tertiary alicyclic amines) is 1. The van der Waals surface area contributed by atoms with Gasteiger partial charge in [-0.15, -0.1) is 12.4 Å². The van der Waals surface area contributed by atoms with Gasteiger partial charge in [-0.25, -0.2) is 4.98 Å². The maximum atomic E-state index is 6.05. The molecule has 1 aliphatic heterocycles. The van der Waals surface area contributed by atoms with Gasteiger partial charge < -0.3 is 9.64 Å². The van der Waals surface area contributed by atoms with E-state index in [1.807, 2.05) is 6.07 Å². The lowest BCUT2D eigenvalue weighted by Gasteiger charge is -2.19. The Morgan fingerprint density at radius 2 is 2.32 bits per heavy atom. The van der Waals surface area contributed by atoms with Crippen LogP contribution in [0.15, 0.2) is 12.3 Å². The number of nitrogens with zero attached hydrogens (tertiary/aromatic N) is 2. The molecule has 0 radical (unpaired) electrons. The van der Waals surface area contributed by atoms with Crippen LogP contribution in [-0.4, -0.2) is 36.1 Å². The molecule has 0 amide bonds. The summed E-state index contributed by atoms with van der Waals surface area (Å²) < 4.78 is 5.84. The van der Waals surface area contributed by atoms with Crippen LogP contribution in [0.25, 0.3) is 0 Å². The minimum atomic E-state index is 0. The summed E-state index contributed by atoms with van der Waals surface area (Å²) in [5.41, 5.74) is 1.08. The molecule has 2 rings (SSSR count). The number of pyridine rings is 1. The highest BCUT2D eigenvalue weighted by molar-refractivity contribution is 6.30. The molecule has 1 aromatic rings. The molecule has 0 unspecified atom stereocenters. The van der Waals surface area contributed by atoms with Crippen molar-refractivity contribution in [2.75, 3.05) is 20.2 Å². The maximum Gasteiger partial charge on any atom is 0.138 e. The highest BCUT2D eigenvalue weighted by Gasteiger charge is 2.21. The molecular formula is C14H22Cl2N2O. The third-order valence-electron chi connectivity index (χ3n) is 3.52. The van der Waals surface area contributed by atoms with Crippen LogP contribution in [0.1, 0.15) is 31.7 Å². The predicted molar refractivity (Wildman–Crippen MR) is 81.6 cm³/mol. The van der Waals surface area contributed by atoms with Crippen LogP contribution < -0.4 is 4.74 Å². The van der Waals surface area contributed by atoms with Gasteiger partial charge in [-0.05, 0) is 44.5 Å². The average molecular weight is 305 g/mol. The van der Waals surface area contributed by atoms with Gasteiger partial charge in [-0.1, -0.05) is 24.9 Å². The minimum Gasteiger partial charge on any atom is -0.490 e. The summed E-state index contributed by atoms with van der Waals surface area (Å²) in [6, 6.07) is 2.56. The zero-order valence-electron chi connectivity index (χ0n) is 11.6. The molecule has 19 heavy (non-hydrogen) atoms. The Morgan fingerprint density at radius 1 is 1.53 bits per heavy atom. The highest BCUT2D eigenvalue weighted by atomic mass is 35.5. The monoisotopic (exact) mass is 304 g/mol. The summed E-state index contributed by atoms with van der Waals surface area (Å²) in [6.07, 6.45) is 6.23. The second-order valence-electron chi connectivity index (χ2n) is 4.96. The summed E-state index contributed by atoms with van der Waals surface area (Å²) >= 11 is 6.05. The fourth-order valence-electron chi connectivity index (χ4n) is 2.38. The van der Waals surface area contributed by atoms with Crippen molar-refractivity contribution in [2.45, 2.75) is 38.6 Å². The molecular weight excluding hydrogens is 283 g/mol. The molecule has 0 bridgehead atoms. The van der Waals surface area contributed by atoms with Crippen LogP contribution in [0.2, 0.25) is 5.15 Å². The maximum absolute atomic E-state index is 6.05. The fraction of sp³-hybridized carbons (Fsp3) is 0.643. The van der Waals surface area contributed by atoms with Crippen LogP contribution in [0, 0.1) is 0 Å². The van der Waals surface area contributed by atoms with Crippen molar-refractivity contribution in [3.8, 4) is 5.75 Å². The third kappa shape index (κ3) is 4.51. The summed E-state index contributed by atoms with van der Waals surface area (Å²) in [6.45, 7) is 4.05. The van der Waals surface area contributed by atoms with Gasteiger partial charge in [0.2, 0.25) is 0 Å². The predicted octanol–water partition coefficient (Wildman–Crippen LogP) is 3.58. The van der Waals surface area contributed by atoms with Gasteiger partial charge in [0.05, 0.1) is 6.20 Å². The Bertz CT molecular complexity index is 401. The van der Waals surface area contributed by atoms with Crippen molar-refractivity contribution in [3.63, 3.8) is 0 Å². The molecule has 0 saturated carbocycles. The van der Waals surface area contributed by atoms with E-state index in [-0.39, 0.29) is 12.4 Å². The first kappa shape index (κ1) is 16.5. The first-order valence-corrected chi connectivity index (χ1v) is 7.06. The van der Waals surface area contributed by atoms with E-state index in [1.54, 1.807) is 6.20 Å². The van der Waals surface area contributed by atoms with Crippen molar-refractivity contribution in [1.82, 2.24) is 9.88 Å². The standard InChI is InChI=1S/C14H21ClN2O.ClH/c1-3-5-11-8-13(9-16-14(11)15)18-10-12-6-4-7-17(12)2;/h8-9,12H,3-7,10H2,1-2H3;1H/t12-;/m0./s1. The van der Waals surface area contributed by atoms with Gasteiger partial charge in [0.1, 0.15) is 17.5 Å². The molecule has 5 heteroatoms. The Kier molecular flexibility index (Phi) is 6.90. The van der Waals surface area contributed by atoms with Crippen LogP contribution in [0.3, 0.4) is 0 Å². The molecule has 1 aliphatic rings. The molecule has 108 valence electrons. The molecule has 2 heterocycles. The number of halogens is 2. The topological polar surface area (TPSA) is 25.4 Å². The first-order valence-electron chi connectivity index (χ1n) is 6.68. The van der Waals surface area contributed by atoms with Crippen molar-refractivity contribution in [2.24, 2.45) is 0 Å². The largest absolute Gasteiger partial charge is 0.490 e. The molecule has 1 atom stereocenters. The van der Waals surface area contributed by atoms with Crippen molar-refractivity contribution in [3.05, 3.63) is 23.0 Å². The molecule has 3 nitrogen and oxygen atoms in total. The zero-order chi connectivity index (χ0) is 13.0. The fourth-order valence-corrected chi connectivity index (χ4v) is 2.58. The van der Waals surface area contributed by atoms with E-state index in [0.717, 1.165) is 30.8 Å². The van der Waals surface area contributed by atoms with E-state index in [0.29, 0.717) is 11.2 Å². The average Bonchev–Trinajstić information content (AvgIpc) is 2.76. The van der Waals surface area contributed by atoms with Gasteiger partial charge >= 0.3 is 0 Å². The van der Waals surface area contributed by atoms with Gasteiger partial charge in [0.15, 0.2) is 0 Å². The Hall–Kier alpha value is -0.510.